The Morgan fingerprint density at radius 3 is 2.59 bits per heavy atom. The van der Waals surface area contributed by atoms with E-state index in [0.717, 1.165) is 38.8 Å². The Kier molecular flexibility index (Phi) is 4.32. The van der Waals surface area contributed by atoms with E-state index >= 15 is 0 Å². The average molecular weight is 303 g/mol. The highest BCUT2D eigenvalue weighted by atomic mass is 19.1. The molecule has 2 heterocycles. The summed E-state index contributed by atoms with van der Waals surface area (Å²) >= 11 is 0. The zero-order valence-electron chi connectivity index (χ0n) is 12.2. The van der Waals surface area contributed by atoms with Crippen LogP contribution in [0.15, 0.2) is 24.3 Å². The van der Waals surface area contributed by atoms with Gasteiger partial charge in [-0.05, 0) is 25.0 Å². The van der Waals surface area contributed by atoms with E-state index in [1.54, 1.807) is 23.1 Å². The summed E-state index contributed by atoms with van der Waals surface area (Å²) in [5.74, 6) is -0.326. The minimum atomic E-state index is -0.404. The number of para-hydroxylation sites is 1. The van der Waals surface area contributed by atoms with E-state index in [1.807, 2.05) is 0 Å². The second kappa shape index (κ2) is 6.55. The first-order chi connectivity index (χ1) is 10.8. The average Bonchev–Trinajstić information content (AvgIpc) is 2.81. The Morgan fingerprint density at radius 2 is 1.86 bits per heavy atom. The van der Waals surface area contributed by atoms with Crippen LogP contribution < -0.4 is 5.32 Å². The maximum Gasteiger partial charge on any atom is 0.278 e. The molecule has 22 heavy (non-hydrogen) atoms. The molecule has 7 heteroatoms. The summed E-state index contributed by atoms with van der Waals surface area (Å²) in [6.07, 6.45) is 4.28. The van der Waals surface area contributed by atoms with E-state index in [1.165, 1.54) is 6.07 Å². The third kappa shape index (κ3) is 3.08. The molecular formula is C15H18FN5O. The number of hydrogen-bond donors (Lipinski definition) is 2. The fraction of sp³-hybridized carbons (Fsp3) is 0.400. The molecular weight excluding hydrogens is 285 g/mol. The minimum absolute atomic E-state index is 0.172. The van der Waals surface area contributed by atoms with Gasteiger partial charge in [0.25, 0.3) is 5.91 Å². The number of carbonyl (C=O) groups is 1. The van der Waals surface area contributed by atoms with Crippen LogP contribution in [0.4, 0.5) is 15.9 Å². The van der Waals surface area contributed by atoms with Crippen LogP contribution in [0.25, 0.3) is 0 Å². The molecule has 6 nitrogen and oxygen atoms in total. The number of aromatic nitrogens is 3. The molecule has 2 aromatic rings. The molecule has 0 saturated carbocycles. The highest BCUT2D eigenvalue weighted by Crippen LogP contribution is 2.21. The fourth-order valence-electron chi connectivity index (χ4n) is 2.58. The number of nitrogens with zero attached hydrogens (tertiary/aromatic N) is 3. The van der Waals surface area contributed by atoms with Gasteiger partial charge in [0.05, 0.1) is 5.69 Å². The van der Waals surface area contributed by atoms with E-state index in [2.05, 4.69) is 20.7 Å². The first kappa shape index (κ1) is 14.5. The summed E-state index contributed by atoms with van der Waals surface area (Å²) in [4.78, 5) is 14.4. The molecule has 1 aromatic heterocycles. The Bertz CT molecular complexity index is 649. The fourth-order valence-corrected chi connectivity index (χ4v) is 2.58. The van der Waals surface area contributed by atoms with Crippen molar-refractivity contribution in [2.75, 3.05) is 18.4 Å². The van der Waals surface area contributed by atoms with Crippen molar-refractivity contribution in [1.29, 1.82) is 0 Å². The number of amides is 1. The van der Waals surface area contributed by atoms with Gasteiger partial charge in [0.1, 0.15) is 5.82 Å². The van der Waals surface area contributed by atoms with Crippen LogP contribution in [0.2, 0.25) is 0 Å². The molecule has 1 fully saturated rings. The molecule has 1 amide bonds. The van der Waals surface area contributed by atoms with Crippen LogP contribution in [0.5, 0.6) is 0 Å². The maximum absolute atomic E-state index is 13.7. The number of rotatable bonds is 3. The van der Waals surface area contributed by atoms with E-state index in [4.69, 9.17) is 0 Å². The molecule has 1 aliphatic heterocycles. The van der Waals surface area contributed by atoms with E-state index < -0.39 is 5.82 Å². The number of likely N-dealkylation sites (tertiary alicyclic amines) is 1. The quantitative estimate of drug-likeness (QED) is 0.914. The second-order valence-electron chi connectivity index (χ2n) is 5.33. The SMILES string of the molecule is O=C(c1n[nH]nc1Nc1ccccc1F)N1CCCCCC1. The number of carbonyl (C=O) groups excluding carboxylic acids is 1. The number of halogens is 1. The van der Waals surface area contributed by atoms with Crippen molar-refractivity contribution in [3.63, 3.8) is 0 Å². The van der Waals surface area contributed by atoms with Crippen molar-refractivity contribution in [2.45, 2.75) is 25.7 Å². The van der Waals surface area contributed by atoms with Crippen molar-refractivity contribution in [2.24, 2.45) is 0 Å². The summed E-state index contributed by atoms with van der Waals surface area (Å²) in [6.45, 7) is 1.45. The van der Waals surface area contributed by atoms with Gasteiger partial charge in [-0.25, -0.2) is 4.39 Å². The van der Waals surface area contributed by atoms with Gasteiger partial charge >= 0.3 is 0 Å². The van der Waals surface area contributed by atoms with Crippen molar-refractivity contribution < 1.29 is 9.18 Å². The molecule has 1 aromatic carbocycles. The lowest BCUT2D eigenvalue weighted by atomic mass is 10.2. The Morgan fingerprint density at radius 1 is 1.14 bits per heavy atom. The number of nitrogens with one attached hydrogen (secondary N) is 2. The number of anilines is 2. The summed E-state index contributed by atoms with van der Waals surface area (Å²) in [5.41, 5.74) is 0.464. The first-order valence-corrected chi connectivity index (χ1v) is 7.47. The summed E-state index contributed by atoms with van der Waals surface area (Å²) in [5, 5.41) is 13.1. The summed E-state index contributed by atoms with van der Waals surface area (Å²) < 4.78 is 13.7. The summed E-state index contributed by atoms with van der Waals surface area (Å²) in [6, 6.07) is 6.25. The van der Waals surface area contributed by atoms with Gasteiger partial charge in [-0.3, -0.25) is 4.79 Å². The topological polar surface area (TPSA) is 73.9 Å². The molecule has 0 spiro atoms. The summed E-state index contributed by atoms with van der Waals surface area (Å²) in [7, 11) is 0. The van der Waals surface area contributed by atoms with Crippen LogP contribution in [0.3, 0.4) is 0 Å². The van der Waals surface area contributed by atoms with Crippen molar-refractivity contribution >= 4 is 17.4 Å². The van der Waals surface area contributed by atoms with Crippen molar-refractivity contribution in [3.05, 3.63) is 35.8 Å². The van der Waals surface area contributed by atoms with Gasteiger partial charge in [0, 0.05) is 13.1 Å². The van der Waals surface area contributed by atoms with Crippen LogP contribution in [-0.2, 0) is 0 Å². The van der Waals surface area contributed by atoms with Crippen molar-refractivity contribution in [3.8, 4) is 0 Å². The van der Waals surface area contributed by atoms with Crippen LogP contribution in [0, 0.1) is 5.82 Å². The highest BCUT2D eigenvalue weighted by Gasteiger charge is 2.23. The molecule has 1 saturated heterocycles. The number of hydrogen-bond acceptors (Lipinski definition) is 4. The molecule has 1 aliphatic rings. The Labute approximate surface area is 127 Å². The van der Waals surface area contributed by atoms with Gasteiger partial charge < -0.3 is 10.2 Å². The third-order valence-electron chi connectivity index (χ3n) is 3.77. The maximum atomic E-state index is 13.7. The number of H-pyrrole nitrogens is 1. The van der Waals surface area contributed by atoms with Crippen molar-refractivity contribution in [1.82, 2.24) is 20.3 Å². The van der Waals surface area contributed by atoms with Crippen LogP contribution >= 0.6 is 0 Å². The van der Waals surface area contributed by atoms with Gasteiger partial charge in [0.15, 0.2) is 11.5 Å². The van der Waals surface area contributed by atoms with Crippen LogP contribution in [0.1, 0.15) is 36.2 Å². The van der Waals surface area contributed by atoms with Gasteiger partial charge in [-0.1, -0.05) is 25.0 Å². The minimum Gasteiger partial charge on any atom is -0.337 e. The second-order valence-corrected chi connectivity index (χ2v) is 5.33. The Balaban J connectivity index is 1.79. The Hall–Kier alpha value is -2.44. The predicted octanol–water partition coefficient (Wildman–Crippen LogP) is 2.70. The molecule has 0 radical (unpaired) electrons. The molecule has 3 rings (SSSR count). The van der Waals surface area contributed by atoms with E-state index in [9.17, 15) is 9.18 Å². The third-order valence-corrected chi connectivity index (χ3v) is 3.77. The zero-order chi connectivity index (χ0) is 15.4. The normalized spacial score (nSPS) is 15.4. The smallest absolute Gasteiger partial charge is 0.278 e. The molecule has 0 aliphatic carbocycles. The van der Waals surface area contributed by atoms with Gasteiger partial charge in [-0.15, -0.1) is 10.2 Å². The molecule has 0 bridgehead atoms. The standard InChI is InChI=1S/C15H18FN5O/c16-11-7-3-4-8-12(11)17-14-13(18-20-19-14)15(22)21-9-5-1-2-6-10-21/h3-4,7-8H,1-2,5-6,9-10H2,(H2,17,18,19,20). The largest absolute Gasteiger partial charge is 0.337 e. The lowest BCUT2D eigenvalue weighted by Crippen LogP contribution is -2.32. The predicted molar refractivity (Wildman–Crippen MR) is 80.4 cm³/mol. The lowest BCUT2D eigenvalue weighted by Gasteiger charge is -2.19. The number of benzene rings is 1. The van der Waals surface area contributed by atoms with E-state index in [0.29, 0.717) is 0 Å². The van der Waals surface area contributed by atoms with Gasteiger partial charge in [-0.2, -0.15) is 5.21 Å². The number of aromatic amines is 1. The van der Waals surface area contributed by atoms with Crippen LogP contribution in [-0.4, -0.2) is 39.3 Å². The molecule has 116 valence electrons. The lowest BCUT2D eigenvalue weighted by molar-refractivity contribution is 0.0756. The molecule has 0 atom stereocenters. The monoisotopic (exact) mass is 303 g/mol. The zero-order valence-corrected chi connectivity index (χ0v) is 12.2. The van der Waals surface area contributed by atoms with Gasteiger partial charge in [0.2, 0.25) is 0 Å². The first-order valence-electron chi connectivity index (χ1n) is 7.47. The van der Waals surface area contributed by atoms with E-state index in [-0.39, 0.29) is 23.1 Å². The molecule has 0 unspecified atom stereocenters. The molecule has 2 N–H and O–H groups in total. The highest BCUT2D eigenvalue weighted by molar-refractivity contribution is 5.97.